The highest BCUT2D eigenvalue weighted by Crippen LogP contribution is 2.18. The van der Waals surface area contributed by atoms with Crippen molar-refractivity contribution in [3.63, 3.8) is 0 Å². The molecule has 0 atom stereocenters. The number of aromatic nitrogens is 2. The van der Waals surface area contributed by atoms with Gasteiger partial charge in [0, 0.05) is 25.4 Å². The number of nitrogens with zero attached hydrogens (tertiary/aromatic N) is 2. The van der Waals surface area contributed by atoms with E-state index in [1.807, 2.05) is 19.9 Å². The van der Waals surface area contributed by atoms with E-state index in [4.69, 9.17) is 4.98 Å². The molecule has 0 radical (unpaired) electrons. The van der Waals surface area contributed by atoms with E-state index in [0.717, 1.165) is 24.3 Å². The summed E-state index contributed by atoms with van der Waals surface area (Å²) in [5.41, 5.74) is 2.26. The maximum atomic E-state index is 11.7. The first-order valence-corrected chi connectivity index (χ1v) is 9.35. The summed E-state index contributed by atoms with van der Waals surface area (Å²) in [6.07, 6.45) is 7.13. The van der Waals surface area contributed by atoms with Crippen LogP contribution in [-0.4, -0.2) is 22.0 Å². The van der Waals surface area contributed by atoms with Gasteiger partial charge in [-0.3, -0.25) is 4.79 Å². The molecular weight excluding hydrogens is 298 g/mol. The third-order valence-electron chi connectivity index (χ3n) is 4.39. The number of carbonyl (C=O) groups is 1. The Morgan fingerprint density at radius 2 is 1.92 bits per heavy atom. The summed E-state index contributed by atoms with van der Waals surface area (Å²) in [5, 5.41) is 2.99. The largest absolute Gasteiger partial charge is 0.355 e. The van der Waals surface area contributed by atoms with Crippen molar-refractivity contribution in [3.8, 4) is 0 Å². The molecule has 2 aromatic rings. The van der Waals surface area contributed by atoms with Crippen LogP contribution >= 0.6 is 0 Å². The number of benzene rings is 1. The molecule has 24 heavy (non-hydrogen) atoms. The molecule has 4 heteroatoms. The number of nitrogens with one attached hydrogen (secondary N) is 1. The number of hydrogen-bond donors (Lipinski definition) is 1. The number of amides is 1. The third kappa shape index (κ3) is 5.08. The molecule has 1 amide bonds. The van der Waals surface area contributed by atoms with Crippen LogP contribution in [0.4, 0.5) is 0 Å². The Balaban J connectivity index is 2.01. The Bertz CT molecular complexity index is 645. The first-order valence-electron chi connectivity index (χ1n) is 9.35. The molecule has 0 spiro atoms. The van der Waals surface area contributed by atoms with E-state index >= 15 is 0 Å². The second-order valence-corrected chi connectivity index (χ2v) is 6.78. The minimum Gasteiger partial charge on any atom is -0.355 e. The predicted octanol–water partition coefficient (Wildman–Crippen LogP) is 4.32. The molecule has 4 nitrogen and oxygen atoms in total. The fourth-order valence-electron chi connectivity index (χ4n) is 2.94. The first kappa shape index (κ1) is 18.5. The predicted molar refractivity (Wildman–Crippen MR) is 100 cm³/mol. The molecule has 1 aromatic heterocycles. The van der Waals surface area contributed by atoms with Gasteiger partial charge < -0.3 is 9.88 Å². The van der Waals surface area contributed by atoms with Gasteiger partial charge in [-0.25, -0.2) is 4.98 Å². The molecule has 132 valence electrons. The highest BCUT2D eigenvalue weighted by atomic mass is 16.1. The Hall–Kier alpha value is -1.84. The van der Waals surface area contributed by atoms with Gasteiger partial charge in [-0.2, -0.15) is 0 Å². The number of para-hydroxylation sites is 2. The number of aryl methyl sites for hydroxylation is 1. The van der Waals surface area contributed by atoms with Crippen molar-refractivity contribution in [1.82, 2.24) is 14.9 Å². The van der Waals surface area contributed by atoms with E-state index in [0.29, 0.717) is 6.54 Å². The summed E-state index contributed by atoms with van der Waals surface area (Å²) in [7, 11) is 0. The van der Waals surface area contributed by atoms with Crippen molar-refractivity contribution in [1.29, 1.82) is 0 Å². The first-order chi connectivity index (χ1) is 11.6. The van der Waals surface area contributed by atoms with Crippen LogP contribution in [0.5, 0.6) is 0 Å². The molecule has 0 aliphatic rings. The number of fused-ring (bicyclic) bond motifs is 1. The lowest BCUT2D eigenvalue weighted by Crippen LogP contribution is -2.30. The van der Waals surface area contributed by atoms with Crippen LogP contribution in [0.15, 0.2) is 24.3 Å². The van der Waals surface area contributed by atoms with Crippen LogP contribution in [0.1, 0.15) is 58.7 Å². The monoisotopic (exact) mass is 329 g/mol. The topological polar surface area (TPSA) is 46.9 Å². The summed E-state index contributed by atoms with van der Waals surface area (Å²) < 4.78 is 2.34. The summed E-state index contributed by atoms with van der Waals surface area (Å²) in [6.45, 7) is 7.74. The van der Waals surface area contributed by atoms with Gasteiger partial charge in [-0.05, 0) is 18.6 Å². The van der Waals surface area contributed by atoms with Gasteiger partial charge in [0.1, 0.15) is 5.82 Å². The smallest absolute Gasteiger partial charge is 0.222 e. The Kier molecular flexibility index (Phi) is 7.29. The summed E-state index contributed by atoms with van der Waals surface area (Å²) in [6, 6.07) is 8.32. The fourth-order valence-corrected chi connectivity index (χ4v) is 2.94. The van der Waals surface area contributed by atoms with E-state index in [-0.39, 0.29) is 11.8 Å². The minimum absolute atomic E-state index is 0.0300. The fraction of sp³-hybridized carbons (Fsp3) is 0.600. The highest BCUT2D eigenvalue weighted by molar-refractivity contribution is 5.78. The van der Waals surface area contributed by atoms with Crippen molar-refractivity contribution in [2.45, 2.75) is 65.8 Å². The van der Waals surface area contributed by atoms with Crippen LogP contribution in [0.3, 0.4) is 0 Å². The molecule has 0 aliphatic heterocycles. The zero-order valence-corrected chi connectivity index (χ0v) is 15.3. The van der Waals surface area contributed by atoms with Gasteiger partial charge >= 0.3 is 0 Å². The lowest BCUT2D eigenvalue weighted by atomic mass is 10.1. The Labute approximate surface area is 145 Å². The second-order valence-electron chi connectivity index (χ2n) is 6.78. The van der Waals surface area contributed by atoms with Crippen molar-refractivity contribution in [3.05, 3.63) is 30.1 Å². The van der Waals surface area contributed by atoms with Gasteiger partial charge in [0.2, 0.25) is 5.91 Å². The van der Waals surface area contributed by atoms with Gasteiger partial charge in [0.25, 0.3) is 0 Å². The summed E-state index contributed by atoms with van der Waals surface area (Å²) >= 11 is 0. The van der Waals surface area contributed by atoms with Gasteiger partial charge in [0.15, 0.2) is 0 Å². The lowest BCUT2D eigenvalue weighted by Gasteiger charge is -2.11. The van der Waals surface area contributed by atoms with Crippen LogP contribution < -0.4 is 5.32 Å². The van der Waals surface area contributed by atoms with Crippen LogP contribution in [-0.2, 0) is 17.8 Å². The molecule has 1 heterocycles. The normalized spacial score (nSPS) is 11.3. The third-order valence-corrected chi connectivity index (χ3v) is 4.39. The average molecular weight is 329 g/mol. The summed E-state index contributed by atoms with van der Waals surface area (Å²) in [5.74, 6) is 1.22. The van der Waals surface area contributed by atoms with E-state index in [2.05, 4.69) is 35.0 Å². The van der Waals surface area contributed by atoms with Crippen LogP contribution in [0.25, 0.3) is 11.0 Å². The van der Waals surface area contributed by atoms with E-state index in [1.54, 1.807) is 0 Å². The van der Waals surface area contributed by atoms with Gasteiger partial charge in [-0.15, -0.1) is 0 Å². The molecule has 0 aliphatic carbocycles. The van der Waals surface area contributed by atoms with E-state index in [1.165, 1.54) is 37.6 Å². The SMILES string of the molecule is CCCCCCCn1c(CCNC(=O)C(C)C)nc2ccccc21. The van der Waals surface area contributed by atoms with Crippen LogP contribution in [0.2, 0.25) is 0 Å². The maximum Gasteiger partial charge on any atom is 0.222 e. The zero-order valence-electron chi connectivity index (χ0n) is 15.3. The molecule has 1 aromatic carbocycles. The molecule has 0 fully saturated rings. The van der Waals surface area contributed by atoms with Crippen molar-refractivity contribution < 1.29 is 4.79 Å². The lowest BCUT2D eigenvalue weighted by molar-refractivity contribution is -0.123. The van der Waals surface area contributed by atoms with E-state index in [9.17, 15) is 4.79 Å². The van der Waals surface area contributed by atoms with Gasteiger partial charge in [0.05, 0.1) is 11.0 Å². The molecule has 2 rings (SSSR count). The Morgan fingerprint density at radius 1 is 1.17 bits per heavy atom. The van der Waals surface area contributed by atoms with Crippen molar-refractivity contribution in [2.75, 3.05) is 6.54 Å². The Morgan fingerprint density at radius 3 is 2.67 bits per heavy atom. The molecule has 0 saturated carbocycles. The minimum atomic E-state index is 0.0300. The van der Waals surface area contributed by atoms with Gasteiger partial charge in [-0.1, -0.05) is 58.6 Å². The standard InChI is InChI=1S/C20H31N3O/c1-4-5-6-7-10-15-23-18-12-9-8-11-17(18)22-19(23)13-14-21-20(24)16(2)3/h8-9,11-12,16H,4-7,10,13-15H2,1-3H3,(H,21,24). The number of hydrogen-bond acceptors (Lipinski definition) is 2. The quantitative estimate of drug-likeness (QED) is 0.660. The zero-order chi connectivity index (χ0) is 17.4. The molecule has 0 saturated heterocycles. The van der Waals surface area contributed by atoms with Crippen molar-refractivity contribution >= 4 is 16.9 Å². The van der Waals surface area contributed by atoms with Crippen molar-refractivity contribution in [2.24, 2.45) is 5.92 Å². The van der Waals surface area contributed by atoms with E-state index < -0.39 is 0 Å². The summed E-state index contributed by atoms with van der Waals surface area (Å²) in [4.78, 5) is 16.5. The number of carbonyl (C=O) groups excluding carboxylic acids is 1. The highest BCUT2D eigenvalue weighted by Gasteiger charge is 2.11. The maximum absolute atomic E-state index is 11.7. The average Bonchev–Trinajstić information content (AvgIpc) is 2.92. The number of unbranched alkanes of at least 4 members (excludes halogenated alkanes) is 4. The number of rotatable bonds is 10. The van der Waals surface area contributed by atoms with Crippen LogP contribution in [0, 0.1) is 5.92 Å². The molecule has 1 N–H and O–H groups in total. The molecule has 0 bridgehead atoms. The second kappa shape index (κ2) is 9.45. The molecule has 0 unspecified atom stereocenters. The molecular formula is C20H31N3O. The number of imidazole rings is 1.